The number of aryl methyl sites for hydroxylation is 1. The molecule has 0 bridgehead atoms. The van der Waals surface area contributed by atoms with Gasteiger partial charge in [0.2, 0.25) is 0 Å². The molecule has 1 amide bonds. The van der Waals surface area contributed by atoms with Crippen LogP contribution in [0.1, 0.15) is 27.2 Å². The minimum Gasteiger partial charge on any atom is -0.469 e. The van der Waals surface area contributed by atoms with Crippen LogP contribution < -0.4 is 0 Å². The van der Waals surface area contributed by atoms with Crippen LogP contribution in [-0.4, -0.2) is 41.9 Å². The van der Waals surface area contributed by atoms with E-state index in [0.717, 1.165) is 32.7 Å². The van der Waals surface area contributed by atoms with Crippen LogP contribution in [-0.2, 0) is 6.54 Å². The zero-order valence-corrected chi connectivity index (χ0v) is 13.2. The van der Waals surface area contributed by atoms with Gasteiger partial charge < -0.3 is 9.32 Å². The van der Waals surface area contributed by atoms with E-state index >= 15 is 0 Å². The van der Waals surface area contributed by atoms with Gasteiger partial charge in [-0.25, -0.2) is 0 Å². The zero-order valence-electron chi connectivity index (χ0n) is 13.2. The van der Waals surface area contributed by atoms with Crippen molar-refractivity contribution in [3.05, 3.63) is 59.0 Å². The Kier molecular flexibility index (Phi) is 4.45. The maximum Gasteiger partial charge on any atom is 0.257 e. The highest BCUT2D eigenvalue weighted by atomic mass is 16.3. The van der Waals surface area contributed by atoms with Gasteiger partial charge in [-0.2, -0.15) is 5.26 Å². The van der Waals surface area contributed by atoms with E-state index in [1.807, 2.05) is 36.1 Å². The molecule has 2 aromatic rings. The van der Waals surface area contributed by atoms with Gasteiger partial charge in [-0.15, -0.1) is 0 Å². The highest BCUT2D eigenvalue weighted by Crippen LogP contribution is 2.15. The molecule has 0 saturated carbocycles. The van der Waals surface area contributed by atoms with Crippen molar-refractivity contribution >= 4 is 5.91 Å². The third-order valence-electron chi connectivity index (χ3n) is 4.24. The molecule has 1 aliphatic rings. The number of hydrogen-bond acceptors (Lipinski definition) is 4. The van der Waals surface area contributed by atoms with Crippen molar-refractivity contribution in [2.24, 2.45) is 0 Å². The molecule has 0 radical (unpaired) electrons. The first-order valence-corrected chi connectivity index (χ1v) is 7.72. The Hall–Kier alpha value is -2.58. The summed E-state index contributed by atoms with van der Waals surface area (Å²) in [6, 6.07) is 11.5. The summed E-state index contributed by atoms with van der Waals surface area (Å²) in [5.74, 6) is 0.726. The third kappa shape index (κ3) is 3.43. The predicted octanol–water partition coefficient (Wildman–Crippen LogP) is 2.42. The topological polar surface area (TPSA) is 60.5 Å². The quantitative estimate of drug-likeness (QED) is 0.873. The number of hydrogen-bond donors (Lipinski definition) is 0. The summed E-state index contributed by atoms with van der Waals surface area (Å²) in [4.78, 5) is 16.6. The first kappa shape index (κ1) is 15.3. The fraction of sp³-hybridized carbons (Fsp3) is 0.333. The summed E-state index contributed by atoms with van der Waals surface area (Å²) in [6.07, 6.45) is 1.56. The lowest BCUT2D eigenvalue weighted by Gasteiger charge is -2.34. The number of nitrogens with zero attached hydrogens (tertiary/aromatic N) is 3. The normalized spacial score (nSPS) is 15.4. The lowest BCUT2D eigenvalue weighted by atomic mass is 10.1. The second-order valence-electron chi connectivity index (χ2n) is 5.77. The molecule has 23 heavy (non-hydrogen) atoms. The molecule has 0 atom stereocenters. The summed E-state index contributed by atoms with van der Waals surface area (Å²) in [5.41, 5.74) is 2.53. The van der Waals surface area contributed by atoms with E-state index in [2.05, 4.69) is 11.0 Å². The van der Waals surface area contributed by atoms with Gasteiger partial charge in [0.15, 0.2) is 0 Å². The number of rotatable bonds is 3. The molecule has 5 nitrogen and oxygen atoms in total. The fourth-order valence-corrected chi connectivity index (χ4v) is 2.83. The second kappa shape index (κ2) is 6.67. The van der Waals surface area contributed by atoms with Gasteiger partial charge in [0.1, 0.15) is 5.76 Å². The number of nitriles is 1. The SMILES string of the molecule is Cc1occc1C(=O)N1CCN(Cc2ccc(C#N)cc2)CC1. The molecular formula is C18H19N3O2. The zero-order chi connectivity index (χ0) is 16.2. The highest BCUT2D eigenvalue weighted by molar-refractivity contribution is 5.95. The molecule has 1 aliphatic heterocycles. The van der Waals surface area contributed by atoms with Crippen molar-refractivity contribution in [2.45, 2.75) is 13.5 Å². The minimum atomic E-state index is 0.0503. The van der Waals surface area contributed by atoms with Gasteiger partial charge in [0, 0.05) is 32.7 Å². The number of furan rings is 1. The van der Waals surface area contributed by atoms with Crippen molar-refractivity contribution in [1.29, 1.82) is 5.26 Å². The molecule has 0 spiro atoms. The number of benzene rings is 1. The van der Waals surface area contributed by atoms with E-state index in [0.29, 0.717) is 16.9 Å². The summed E-state index contributed by atoms with van der Waals surface area (Å²) < 4.78 is 5.21. The average Bonchev–Trinajstić information content (AvgIpc) is 3.02. The molecule has 1 fully saturated rings. The highest BCUT2D eigenvalue weighted by Gasteiger charge is 2.24. The van der Waals surface area contributed by atoms with Crippen molar-refractivity contribution in [2.75, 3.05) is 26.2 Å². The number of amides is 1. The number of carbonyl (C=O) groups is 1. The van der Waals surface area contributed by atoms with E-state index < -0.39 is 0 Å². The van der Waals surface area contributed by atoms with Crippen molar-refractivity contribution in [1.82, 2.24) is 9.80 Å². The number of carbonyl (C=O) groups excluding carboxylic acids is 1. The van der Waals surface area contributed by atoms with Crippen molar-refractivity contribution < 1.29 is 9.21 Å². The second-order valence-corrected chi connectivity index (χ2v) is 5.77. The fourth-order valence-electron chi connectivity index (χ4n) is 2.83. The van der Waals surface area contributed by atoms with E-state index in [1.54, 1.807) is 12.3 Å². The number of piperazine rings is 1. The largest absolute Gasteiger partial charge is 0.469 e. The molecule has 1 aromatic heterocycles. The summed E-state index contributed by atoms with van der Waals surface area (Å²) in [7, 11) is 0. The van der Waals surface area contributed by atoms with Crippen LogP contribution in [0.2, 0.25) is 0 Å². The minimum absolute atomic E-state index is 0.0503. The van der Waals surface area contributed by atoms with Crippen LogP contribution in [0.5, 0.6) is 0 Å². The standard InChI is InChI=1S/C18H19N3O2/c1-14-17(6-11-23-14)18(22)21-9-7-20(8-10-21)13-16-4-2-15(12-19)3-5-16/h2-6,11H,7-10,13H2,1H3. The Morgan fingerprint density at radius 1 is 1.17 bits per heavy atom. The Bertz CT molecular complexity index is 719. The molecule has 1 aromatic carbocycles. The van der Waals surface area contributed by atoms with Gasteiger partial charge in [-0.1, -0.05) is 12.1 Å². The van der Waals surface area contributed by atoms with Crippen molar-refractivity contribution in [3.8, 4) is 6.07 Å². The molecule has 3 rings (SSSR count). The molecule has 5 heteroatoms. The first-order valence-electron chi connectivity index (χ1n) is 7.72. The van der Waals surface area contributed by atoms with Gasteiger partial charge in [0.25, 0.3) is 5.91 Å². The predicted molar refractivity (Wildman–Crippen MR) is 85.8 cm³/mol. The summed E-state index contributed by atoms with van der Waals surface area (Å²) >= 11 is 0. The van der Waals surface area contributed by atoms with E-state index in [4.69, 9.17) is 9.68 Å². The maximum absolute atomic E-state index is 12.4. The molecule has 1 saturated heterocycles. The average molecular weight is 309 g/mol. The summed E-state index contributed by atoms with van der Waals surface area (Å²) in [5, 5.41) is 8.82. The molecule has 0 aliphatic carbocycles. The Labute approximate surface area is 135 Å². The van der Waals surface area contributed by atoms with Crippen LogP contribution in [0.15, 0.2) is 41.0 Å². The van der Waals surface area contributed by atoms with E-state index in [-0.39, 0.29) is 5.91 Å². The lowest BCUT2D eigenvalue weighted by Crippen LogP contribution is -2.48. The first-order chi connectivity index (χ1) is 11.2. The maximum atomic E-state index is 12.4. The van der Waals surface area contributed by atoms with Crippen molar-refractivity contribution in [3.63, 3.8) is 0 Å². The van der Waals surface area contributed by atoms with Crippen LogP contribution >= 0.6 is 0 Å². The molecule has 2 heterocycles. The van der Waals surface area contributed by atoms with Gasteiger partial charge in [-0.3, -0.25) is 9.69 Å². The van der Waals surface area contributed by atoms with Crippen LogP contribution in [0.4, 0.5) is 0 Å². The Morgan fingerprint density at radius 3 is 2.43 bits per heavy atom. The third-order valence-corrected chi connectivity index (χ3v) is 4.24. The van der Waals surface area contributed by atoms with E-state index in [1.165, 1.54) is 5.56 Å². The van der Waals surface area contributed by atoms with Crippen LogP contribution in [0.3, 0.4) is 0 Å². The molecular weight excluding hydrogens is 290 g/mol. The smallest absolute Gasteiger partial charge is 0.257 e. The molecule has 0 unspecified atom stereocenters. The van der Waals surface area contributed by atoms with Gasteiger partial charge in [-0.05, 0) is 30.7 Å². The van der Waals surface area contributed by atoms with E-state index in [9.17, 15) is 4.79 Å². The summed E-state index contributed by atoms with van der Waals surface area (Å²) in [6.45, 7) is 5.80. The Morgan fingerprint density at radius 2 is 1.87 bits per heavy atom. The lowest BCUT2D eigenvalue weighted by molar-refractivity contribution is 0.0627. The van der Waals surface area contributed by atoms with Gasteiger partial charge in [0.05, 0.1) is 23.5 Å². The Balaban J connectivity index is 1.55. The van der Waals surface area contributed by atoms with Gasteiger partial charge >= 0.3 is 0 Å². The monoisotopic (exact) mass is 309 g/mol. The van der Waals surface area contributed by atoms with Crippen LogP contribution in [0.25, 0.3) is 0 Å². The van der Waals surface area contributed by atoms with Crippen LogP contribution in [0, 0.1) is 18.3 Å². The molecule has 118 valence electrons. The molecule has 0 N–H and O–H groups in total.